The lowest BCUT2D eigenvalue weighted by molar-refractivity contribution is 0.0342. The molecule has 1 aliphatic rings. The van der Waals surface area contributed by atoms with Gasteiger partial charge in [0.1, 0.15) is 0 Å². The Hall–Kier alpha value is -2.37. The van der Waals surface area contributed by atoms with Crippen LogP contribution < -0.4 is 5.73 Å². The van der Waals surface area contributed by atoms with Crippen molar-refractivity contribution in [2.24, 2.45) is 0 Å². The zero-order chi connectivity index (χ0) is 17.8. The molecular weight excluding hydrogens is 316 g/mol. The third kappa shape index (κ3) is 4.00. The summed E-state index contributed by atoms with van der Waals surface area (Å²) in [6.07, 6.45) is 0. The van der Waals surface area contributed by atoms with E-state index in [9.17, 15) is 4.79 Å². The highest BCUT2D eigenvalue weighted by atomic mass is 16.5. The molecular formula is C20H24N2O3. The largest absolute Gasteiger partial charge is 0.465 e. The van der Waals surface area contributed by atoms with Gasteiger partial charge in [0.15, 0.2) is 0 Å². The van der Waals surface area contributed by atoms with Crippen molar-refractivity contribution in [3.05, 3.63) is 53.1 Å². The van der Waals surface area contributed by atoms with Crippen LogP contribution in [0.4, 0.5) is 5.69 Å². The fraction of sp³-hybridized carbons (Fsp3) is 0.350. The van der Waals surface area contributed by atoms with Crippen molar-refractivity contribution in [3.8, 4) is 11.1 Å². The predicted octanol–water partition coefficient (Wildman–Crippen LogP) is 2.86. The van der Waals surface area contributed by atoms with E-state index in [0.29, 0.717) is 11.3 Å². The van der Waals surface area contributed by atoms with E-state index in [1.165, 1.54) is 12.7 Å². The van der Waals surface area contributed by atoms with E-state index >= 15 is 0 Å². The van der Waals surface area contributed by atoms with Crippen LogP contribution >= 0.6 is 0 Å². The zero-order valence-corrected chi connectivity index (χ0v) is 14.7. The number of carbonyl (C=O) groups excluding carboxylic acids is 1. The molecule has 5 nitrogen and oxygen atoms in total. The van der Waals surface area contributed by atoms with Crippen LogP contribution in [0.15, 0.2) is 36.4 Å². The molecule has 0 saturated carbocycles. The Morgan fingerprint density at radius 1 is 1.16 bits per heavy atom. The van der Waals surface area contributed by atoms with Crippen molar-refractivity contribution in [1.82, 2.24) is 4.90 Å². The Kier molecular flexibility index (Phi) is 5.36. The number of carbonyl (C=O) groups is 1. The van der Waals surface area contributed by atoms with E-state index in [2.05, 4.69) is 29.2 Å². The van der Waals surface area contributed by atoms with Crippen molar-refractivity contribution >= 4 is 11.7 Å². The zero-order valence-electron chi connectivity index (χ0n) is 14.7. The summed E-state index contributed by atoms with van der Waals surface area (Å²) in [6.45, 7) is 6.30. The van der Waals surface area contributed by atoms with Crippen LogP contribution in [0, 0.1) is 6.92 Å². The standard InChI is InChI=1S/C20H24N2O3/c1-14-18(20(23)24-2)11-17(12-19(14)21)16-5-3-15(4-6-16)13-22-7-9-25-10-8-22/h3-6,11-12H,7-10,13,21H2,1-2H3. The molecule has 0 radical (unpaired) electrons. The Morgan fingerprint density at radius 3 is 2.48 bits per heavy atom. The normalized spacial score (nSPS) is 15.1. The third-order valence-corrected chi connectivity index (χ3v) is 4.65. The Balaban J connectivity index is 1.82. The summed E-state index contributed by atoms with van der Waals surface area (Å²) < 4.78 is 10.2. The lowest BCUT2D eigenvalue weighted by atomic mass is 9.97. The van der Waals surface area contributed by atoms with Gasteiger partial charge in [0, 0.05) is 25.3 Å². The maximum Gasteiger partial charge on any atom is 0.338 e. The summed E-state index contributed by atoms with van der Waals surface area (Å²) in [5.41, 5.74) is 11.1. The summed E-state index contributed by atoms with van der Waals surface area (Å²) in [6, 6.07) is 12.1. The van der Waals surface area contributed by atoms with E-state index in [1.54, 1.807) is 0 Å². The third-order valence-electron chi connectivity index (χ3n) is 4.65. The second-order valence-electron chi connectivity index (χ2n) is 6.32. The Labute approximate surface area is 148 Å². The van der Waals surface area contributed by atoms with E-state index in [1.807, 2.05) is 19.1 Å². The number of rotatable bonds is 4. The molecule has 0 aliphatic carbocycles. The van der Waals surface area contributed by atoms with Crippen LogP contribution in [0.5, 0.6) is 0 Å². The molecule has 0 amide bonds. The topological polar surface area (TPSA) is 64.8 Å². The number of nitrogen functional groups attached to an aromatic ring is 1. The number of anilines is 1. The van der Waals surface area contributed by atoms with Crippen LogP contribution in [0.25, 0.3) is 11.1 Å². The second-order valence-corrected chi connectivity index (χ2v) is 6.32. The van der Waals surface area contributed by atoms with Gasteiger partial charge in [-0.1, -0.05) is 24.3 Å². The first-order valence-electron chi connectivity index (χ1n) is 8.46. The molecule has 1 fully saturated rings. The van der Waals surface area contributed by atoms with Gasteiger partial charge < -0.3 is 15.2 Å². The summed E-state index contributed by atoms with van der Waals surface area (Å²) in [7, 11) is 1.38. The quantitative estimate of drug-likeness (QED) is 0.685. The molecule has 132 valence electrons. The van der Waals surface area contributed by atoms with E-state index in [0.717, 1.165) is 49.5 Å². The highest BCUT2D eigenvalue weighted by molar-refractivity contribution is 5.94. The van der Waals surface area contributed by atoms with Crippen LogP contribution in [-0.4, -0.2) is 44.3 Å². The highest BCUT2D eigenvalue weighted by Crippen LogP contribution is 2.28. The molecule has 1 aliphatic heterocycles. The molecule has 1 heterocycles. The molecule has 0 unspecified atom stereocenters. The van der Waals surface area contributed by atoms with Gasteiger partial charge in [-0.2, -0.15) is 0 Å². The van der Waals surface area contributed by atoms with Crippen molar-refractivity contribution in [2.75, 3.05) is 39.1 Å². The van der Waals surface area contributed by atoms with Crippen molar-refractivity contribution < 1.29 is 14.3 Å². The number of methoxy groups -OCH3 is 1. The fourth-order valence-electron chi connectivity index (χ4n) is 3.05. The average molecular weight is 340 g/mol. The molecule has 2 aromatic carbocycles. The molecule has 3 rings (SSSR count). The number of esters is 1. The van der Waals surface area contributed by atoms with Crippen LogP contribution in [0.2, 0.25) is 0 Å². The smallest absolute Gasteiger partial charge is 0.338 e. The van der Waals surface area contributed by atoms with Gasteiger partial charge in [-0.25, -0.2) is 4.79 Å². The SMILES string of the molecule is COC(=O)c1cc(-c2ccc(CN3CCOCC3)cc2)cc(N)c1C. The first-order chi connectivity index (χ1) is 12.1. The fourth-order valence-corrected chi connectivity index (χ4v) is 3.05. The van der Waals surface area contributed by atoms with Gasteiger partial charge in [-0.3, -0.25) is 4.90 Å². The summed E-state index contributed by atoms with van der Waals surface area (Å²) in [4.78, 5) is 14.3. The van der Waals surface area contributed by atoms with Gasteiger partial charge >= 0.3 is 5.97 Å². The maximum atomic E-state index is 12.0. The minimum atomic E-state index is -0.366. The number of hydrogen-bond acceptors (Lipinski definition) is 5. The maximum absolute atomic E-state index is 12.0. The van der Waals surface area contributed by atoms with Crippen LogP contribution in [-0.2, 0) is 16.0 Å². The highest BCUT2D eigenvalue weighted by Gasteiger charge is 2.14. The summed E-state index contributed by atoms with van der Waals surface area (Å²) >= 11 is 0. The number of morpholine rings is 1. The Bertz CT molecular complexity index is 750. The molecule has 0 atom stereocenters. The van der Waals surface area contributed by atoms with Crippen molar-refractivity contribution in [3.63, 3.8) is 0 Å². The van der Waals surface area contributed by atoms with E-state index in [-0.39, 0.29) is 5.97 Å². The molecule has 0 spiro atoms. The number of benzene rings is 2. The number of nitrogens with two attached hydrogens (primary N) is 1. The molecule has 0 bridgehead atoms. The first kappa shape index (κ1) is 17.5. The lowest BCUT2D eigenvalue weighted by Gasteiger charge is -2.26. The predicted molar refractivity (Wildman–Crippen MR) is 98.5 cm³/mol. The van der Waals surface area contributed by atoms with Gasteiger partial charge in [0.05, 0.1) is 25.9 Å². The number of hydrogen-bond donors (Lipinski definition) is 1. The molecule has 25 heavy (non-hydrogen) atoms. The molecule has 1 saturated heterocycles. The second kappa shape index (κ2) is 7.68. The van der Waals surface area contributed by atoms with Gasteiger partial charge in [0.25, 0.3) is 0 Å². The van der Waals surface area contributed by atoms with Crippen molar-refractivity contribution in [1.29, 1.82) is 0 Å². The summed E-state index contributed by atoms with van der Waals surface area (Å²) in [5.74, 6) is -0.366. The van der Waals surface area contributed by atoms with Crippen molar-refractivity contribution in [2.45, 2.75) is 13.5 Å². The van der Waals surface area contributed by atoms with Gasteiger partial charge in [0.2, 0.25) is 0 Å². The summed E-state index contributed by atoms with van der Waals surface area (Å²) in [5, 5.41) is 0. The van der Waals surface area contributed by atoms with Gasteiger partial charge in [-0.05, 0) is 41.3 Å². The molecule has 2 aromatic rings. The number of ether oxygens (including phenoxy) is 2. The van der Waals surface area contributed by atoms with Crippen LogP contribution in [0.3, 0.4) is 0 Å². The minimum absolute atomic E-state index is 0.366. The van der Waals surface area contributed by atoms with Gasteiger partial charge in [-0.15, -0.1) is 0 Å². The van der Waals surface area contributed by atoms with E-state index in [4.69, 9.17) is 15.2 Å². The van der Waals surface area contributed by atoms with Crippen LogP contribution in [0.1, 0.15) is 21.5 Å². The molecule has 0 aromatic heterocycles. The first-order valence-corrected chi connectivity index (χ1v) is 8.46. The molecule has 2 N–H and O–H groups in total. The Morgan fingerprint density at radius 2 is 1.84 bits per heavy atom. The number of nitrogens with zero attached hydrogens (tertiary/aromatic N) is 1. The lowest BCUT2D eigenvalue weighted by Crippen LogP contribution is -2.35. The minimum Gasteiger partial charge on any atom is -0.465 e. The molecule has 5 heteroatoms. The van der Waals surface area contributed by atoms with E-state index < -0.39 is 0 Å². The monoisotopic (exact) mass is 340 g/mol. The average Bonchev–Trinajstić information content (AvgIpc) is 2.65.